The van der Waals surface area contributed by atoms with Gasteiger partial charge >= 0.3 is 5.69 Å². The predicted molar refractivity (Wildman–Crippen MR) is 95.8 cm³/mol. The van der Waals surface area contributed by atoms with Gasteiger partial charge in [-0.05, 0) is 32.1 Å². The predicted octanol–water partition coefficient (Wildman–Crippen LogP) is 2.13. The number of aromatic hydroxyl groups is 1. The van der Waals surface area contributed by atoms with Crippen molar-refractivity contribution in [3.05, 3.63) is 26.4 Å². The van der Waals surface area contributed by atoms with Crippen LogP contribution in [0.4, 0.5) is 0 Å². The van der Waals surface area contributed by atoms with E-state index in [4.69, 9.17) is 4.74 Å². The highest BCUT2D eigenvalue weighted by molar-refractivity contribution is 6.01. The summed E-state index contributed by atoms with van der Waals surface area (Å²) in [4.78, 5) is 31.5. The Hall–Kier alpha value is -1.89. The minimum absolute atomic E-state index is 0.0619. The number of hydrogen-bond acceptors (Lipinski definition) is 5. The SMILES string of the molecule is CCC(=NCC1CCCO1)c1c(O)n(C2CCCCC2)c(=O)[nH]c1=O. The van der Waals surface area contributed by atoms with E-state index >= 15 is 0 Å². The van der Waals surface area contributed by atoms with Gasteiger partial charge in [0, 0.05) is 12.6 Å². The molecule has 7 heteroatoms. The number of nitrogens with zero attached hydrogens (tertiary/aromatic N) is 2. The Morgan fingerprint density at radius 2 is 2.00 bits per heavy atom. The van der Waals surface area contributed by atoms with Crippen LogP contribution in [0.2, 0.25) is 0 Å². The van der Waals surface area contributed by atoms with Crippen LogP contribution < -0.4 is 11.2 Å². The van der Waals surface area contributed by atoms with Gasteiger partial charge < -0.3 is 9.84 Å². The van der Waals surface area contributed by atoms with Crippen LogP contribution in [-0.2, 0) is 4.74 Å². The van der Waals surface area contributed by atoms with Crippen molar-refractivity contribution in [1.82, 2.24) is 9.55 Å². The van der Waals surface area contributed by atoms with Crippen LogP contribution >= 0.6 is 0 Å². The average Bonchev–Trinajstić information content (AvgIpc) is 3.12. The highest BCUT2D eigenvalue weighted by Crippen LogP contribution is 2.30. The zero-order chi connectivity index (χ0) is 17.8. The first-order valence-electron chi connectivity index (χ1n) is 9.35. The molecule has 0 aromatic carbocycles. The molecular formula is C18H27N3O4. The highest BCUT2D eigenvalue weighted by Gasteiger charge is 2.25. The largest absolute Gasteiger partial charge is 0.494 e. The minimum Gasteiger partial charge on any atom is -0.494 e. The van der Waals surface area contributed by atoms with Gasteiger partial charge in [-0.15, -0.1) is 0 Å². The van der Waals surface area contributed by atoms with E-state index in [1.165, 1.54) is 4.57 Å². The lowest BCUT2D eigenvalue weighted by molar-refractivity contribution is 0.118. The molecule has 25 heavy (non-hydrogen) atoms. The second kappa shape index (κ2) is 7.99. The van der Waals surface area contributed by atoms with Gasteiger partial charge in [-0.25, -0.2) is 4.79 Å². The van der Waals surface area contributed by atoms with Crippen molar-refractivity contribution in [3.63, 3.8) is 0 Å². The van der Waals surface area contributed by atoms with E-state index in [2.05, 4.69) is 9.98 Å². The van der Waals surface area contributed by atoms with Gasteiger partial charge in [-0.3, -0.25) is 19.3 Å². The van der Waals surface area contributed by atoms with Crippen molar-refractivity contribution in [2.45, 2.75) is 70.4 Å². The van der Waals surface area contributed by atoms with Crippen LogP contribution in [0.3, 0.4) is 0 Å². The smallest absolute Gasteiger partial charge is 0.331 e. The van der Waals surface area contributed by atoms with Crippen LogP contribution in [0.15, 0.2) is 14.6 Å². The number of ether oxygens (including phenoxy) is 1. The molecule has 2 N–H and O–H groups in total. The fourth-order valence-corrected chi connectivity index (χ4v) is 3.84. The molecule has 1 aromatic heterocycles. The maximum absolute atomic E-state index is 12.4. The average molecular weight is 349 g/mol. The molecule has 0 spiro atoms. The molecule has 2 fully saturated rings. The number of hydrogen-bond donors (Lipinski definition) is 2. The van der Waals surface area contributed by atoms with E-state index < -0.39 is 11.2 Å². The fraction of sp³-hybridized carbons (Fsp3) is 0.722. The number of H-pyrrole nitrogens is 1. The maximum Gasteiger partial charge on any atom is 0.331 e. The van der Waals surface area contributed by atoms with Crippen molar-refractivity contribution in [1.29, 1.82) is 0 Å². The van der Waals surface area contributed by atoms with E-state index in [9.17, 15) is 14.7 Å². The number of aromatic amines is 1. The molecule has 1 saturated heterocycles. The molecule has 1 aliphatic carbocycles. The molecule has 2 heterocycles. The van der Waals surface area contributed by atoms with Crippen LogP contribution in [0.5, 0.6) is 5.88 Å². The van der Waals surface area contributed by atoms with Gasteiger partial charge in [0.2, 0.25) is 5.88 Å². The van der Waals surface area contributed by atoms with E-state index in [-0.39, 0.29) is 23.6 Å². The van der Waals surface area contributed by atoms with E-state index in [1.54, 1.807) is 0 Å². The van der Waals surface area contributed by atoms with Gasteiger partial charge in [-0.1, -0.05) is 26.2 Å². The van der Waals surface area contributed by atoms with Crippen LogP contribution in [0, 0.1) is 0 Å². The maximum atomic E-state index is 12.4. The molecule has 1 aromatic rings. The minimum atomic E-state index is -0.567. The van der Waals surface area contributed by atoms with E-state index in [0.29, 0.717) is 18.7 Å². The third-order valence-corrected chi connectivity index (χ3v) is 5.19. The van der Waals surface area contributed by atoms with E-state index in [1.807, 2.05) is 6.92 Å². The van der Waals surface area contributed by atoms with Crippen LogP contribution in [-0.4, -0.2) is 39.6 Å². The van der Waals surface area contributed by atoms with E-state index in [0.717, 1.165) is 51.6 Å². The first-order chi connectivity index (χ1) is 12.1. The number of aromatic nitrogens is 2. The summed E-state index contributed by atoms with van der Waals surface area (Å²) >= 11 is 0. The topological polar surface area (TPSA) is 96.7 Å². The summed E-state index contributed by atoms with van der Waals surface area (Å²) in [5, 5.41) is 10.7. The molecule has 1 aliphatic heterocycles. The number of rotatable bonds is 5. The lowest BCUT2D eigenvalue weighted by Gasteiger charge is -2.25. The summed E-state index contributed by atoms with van der Waals surface area (Å²) < 4.78 is 6.93. The monoisotopic (exact) mass is 349 g/mol. The van der Waals surface area contributed by atoms with Crippen molar-refractivity contribution >= 4 is 5.71 Å². The normalized spacial score (nSPS) is 22.4. The Kier molecular flexibility index (Phi) is 5.73. The van der Waals surface area contributed by atoms with Crippen LogP contribution in [0.25, 0.3) is 0 Å². The van der Waals surface area contributed by atoms with Gasteiger partial charge in [-0.2, -0.15) is 0 Å². The van der Waals surface area contributed by atoms with Crippen LogP contribution in [0.1, 0.15) is 69.9 Å². The molecule has 7 nitrogen and oxygen atoms in total. The Morgan fingerprint density at radius 1 is 1.24 bits per heavy atom. The first kappa shape index (κ1) is 17.9. The van der Waals surface area contributed by atoms with Crippen molar-refractivity contribution in [2.75, 3.05) is 13.2 Å². The Balaban J connectivity index is 1.97. The summed E-state index contributed by atoms with van der Waals surface area (Å²) in [6.45, 7) is 3.12. The summed E-state index contributed by atoms with van der Waals surface area (Å²) in [7, 11) is 0. The highest BCUT2D eigenvalue weighted by atomic mass is 16.5. The number of nitrogens with one attached hydrogen (secondary N) is 1. The van der Waals surface area contributed by atoms with Gasteiger partial charge in [0.1, 0.15) is 5.56 Å². The number of aliphatic imine (C=N–C) groups is 1. The molecule has 0 bridgehead atoms. The summed E-state index contributed by atoms with van der Waals surface area (Å²) in [6.07, 6.45) is 7.45. The Morgan fingerprint density at radius 3 is 2.64 bits per heavy atom. The van der Waals surface area contributed by atoms with Gasteiger partial charge in [0.05, 0.1) is 18.4 Å². The third kappa shape index (κ3) is 3.86. The van der Waals surface area contributed by atoms with Gasteiger partial charge in [0.25, 0.3) is 5.56 Å². The first-order valence-corrected chi connectivity index (χ1v) is 9.35. The second-order valence-corrected chi connectivity index (χ2v) is 6.90. The quantitative estimate of drug-likeness (QED) is 0.796. The lowest BCUT2D eigenvalue weighted by atomic mass is 9.95. The molecule has 0 amide bonds. The molecule has 1 saturated carbocycles. The van der Waals surface area contributed by atoms with Gasteiger partial charge in [0.15, 0.2) is 0 Å². The second-order valence-electron chi connectivity index (χ2n) is 6.90. The lowest BCUT2D eigenvalue weighted by Crippen LogP contribution is -2.36. The fourth-order valence-electron chi connectivity index (χ4n) is 3.84. The molecule has 138 valence electrons. The molecule has 0 radical (unpaired) electrons. The molecular weight excluding hydrogens is 322 g/mol. The Bertz CT molecular complexity index is 738. The zero-order valence-corrected chi connectivity index (χ0v) is 14.8. The van der Waals surface area contributed by atoms with Crippen molar-refractivity contribution in [3.8, 4) is 5.88 Å². The molecule has 2 aliphatic rings. The zero-order valence-electron chi connectivity index (χ0n) is 14.8. The van der Waals surface area contributed by atoms with Crippen molar-refractivity contribution in [2.24, 2.45) is 4.99 Å². The summed E-state index contributed by atoms with van der Waals surface area (Å²) in [5.74, 6) is -0.242. The molecule has 3 rings (SSSR count). The molecule has 1 unspecified atom stereocenters. The Labute approximate surface area is 146 Å². The van der Waals surface area contributed by atoms with Crippen molar-refractivity contribution < 1.29 is 9.84 Å². The molecule has 1 atom stereocenters. The summed E-state index contributed by atoms with van der Waals surface area (Å²) in [6, 6.07) is -0.0619. The standard InChI is InChI=1S/C18H27N3O4/c1-2-14(19-11-13-9-6-10-25-13)15-16(22)20-18(24)21(17(15)23)12-7-4-3-5-8-12/h12-13,23H,2-11H2,1H3,(H,20,22,24). The summed E-state index contributed by atoms with van der Waals surface area (Å²) in [5.41, 5.74) is -0.445. The third-order valence-electron chi connectivity index (χ3n) is 5.19.